The van der Waals surface area contributed by atoms with Gasteiger partial charge < -0.3 is 16.6 Å². The lowest BCUT2D eigenvalue weighted by molar-refractivity contribution is 0.143. The molecular formula is C10H18N2O. The Labute approximate surface area is 79.1 Å². The third-order valence-electron chi connectivity index (χ3n) is 2.42. The van der Waals surface area contributed by atoms with E-state index in [1.54, 1.807) is 18.2 Å². The van der Waals surface area contributed by atoms with Crippen LogP contribution >= 0.6 is 0 Å². The Morgan fingerprint density at radius 2 is 2.31 bits per heavy atom. The van der Waals surface area contributed by atoms with Crippen LogP contribution in [0.4, 0.5) is 0 Å². The van der Waals surface area contributed by atoms with Crippen molar-refractivity contribution in [1.82, 2.24) is 0 Å². The molecule has 0 aromatic carbocycles. The summed E-state index contributed by atoms with van der Waals surface area (Å²) in [4.78, 5) is 0. The van der Waals surface area contributed by atoms with Crippen LogP contribution in [0, 0.1) is 0 Å². The molecular weight excluding hydrogens is 164 g/mol. The highest BCUT2D eigenvalue weighted by atomic mass is 16.3. The fourth-order valence-electron chi connectivity index (χ4n) is 1.53. The Kier molecular flexibility index (Phi) is 3.12. The molecule has 0 saturated heterocycles. The van der Waals surface area contributed by atoms with Crippen LogP contribution in [0.2, 0.25) is 0 Å². The van der Waals surface area contributed by atoms with Crippen molar-refractivity contribution in [2.24, 2.45) is 11.5 Å². The molecule has 13 heavy (non-hydrogen) atoms. The molecule has 1 rings (SSSR count). The third kappa shape index (κ3) is 2.32. The van der Waals surface area contributed by atoms with Gasteiger partial charge in [-0.25, -0.2) is 0 Å². The zero-order valence-corrected chi connectivity index (χ0v) is 8.03. The van der Waals surface area contributed by atoms with Gasteiger partial charge in [-0.1, -0.05) is 25.8 Å². The second-order valence-corrected chi connectivity index (χ2v) is 3.66. The average Bonchev–Trinajstić information content (AvgIpc) is 2.09. The molecule has 0 saturated carbocycles. The van der Waals surface area contributed by atoms with E-state index < -0.39 is 11.6 Å². The van der Waals surface area contributed by atoms with Gasteiger partial charge in [0, 0.05) is 5.70 Å². The van der Waals surface area contributed by atoms with E-state index in [0.29, 0.717) is 5.70 Å². The molecule has 0 aromatic heterocycles. The topological polar surface area (TPSA) is 72.3 Å². The summed E-state index contributed by atoms with van der Waals surface area (Å²) in [7, 11) is 0. The van der Waals surface area contributed by atoms with Crippen LogP contribution in [0.5, 0.6) is 0 Å². The first kappa shape index (κ1) is 10.3. The van der Waals surface area contributed by atoms with Gasteiger partial charge in [0.05, 0.1) is 11.6 Å². The van der Waals surface area contributed by atoms with Crippen LogP contribution in [0.25, 0.3) is 0 Å². The lowest BCUT2D eigenvalue weighted by atomic mass is 9.84. The predicted molar refractivity (Wildman–Crippen MR) is 53.9 cm³/mol. The number of aliphatic hydroxyl groups is 1. The third-order valence-corrected chi connectivity index (χ3v) is 2.42. The van der Waals surface area contributed by atoms with E-state index in [9.17, 15) is 5.11 Å². The minimum Gasteiger partial charge on any atom is -0.399 e. The maximum Gasteiger partial charge on any atom is 0.0940 e. The molecule has 0 spiro atoms. The molecule has 3 nitrogen and oxygen atoms in total. The van der Waals surface area contributed by atoms with E-state index in [1.807, 2.05) is 0 Å². The summed E-state index contributed by atoms with van der Waals surface area (Å²) in [5.74, 6) is 0. The molecule has 74 valence electrons. The van der Waals surface area contributed by atoms with Crippen molar-refractivity contribution in [3.8, 4) is 0 Å². The van der Waals surface area contributed by atoms with E-state index in [2.05, 4.69) is 6.92 Å². The van der Waals surface area contributed by atoms with E-state index in [0.717, 1.165) is 19.3 Å². The van der Waals surface area contributed by atoms with Gasteiger partial charge in [-0.05, 0) is 18.6 Å². The molecule has 0 aromatic rings. The molecule has 0 amide bonds. The Morgan fingerprint density at radius 1 is 1.62 bits per heavy atom. The van der Waals surface area contributed by atoms with Crippen molar-refractivity contribution in [3.05, 3.63) is 23.9 Å². The van der Waals surface area contributed by atoms with Gasteiger partial charge in [0.2, 0.25) is 0 Å². The van der Waals surface area contributed by atoms with Crippen molar-refractivity contribution in [3.63, 3.8) is 0 Å². The van der Waals surface area contributed by atoms with Gasteiger partial charge in [0.1, 0.15) is 0 Å². The molecule has 0 heterocycles. The molecule has 3 heteroatoms. The summed E-state index contributed by atoms with van der Waals surface area (Å²) in [6.45, 7) is 2.10. The maximum absolute atomic E-state index is 9.66. The normalized spacial score (nSPS) is 33.2. The first-order valence-electron chi connectivity index (χ1n) is 4.72. The quantitative estimate of drug-likeness (QED) is 0.600. The first-order chi connectivity index (χ1) is 6.08. The molecule has 2 unspecified atom stereocenters. The molecule has 0 bridgehead atoms. The molecule has 1 aliphatic rings. The summed E-state index contributed by atoms with van der Waals surface area (Å²) in [6.07, 6.45) is 7.36. The maximum atomic E-state index is 9.66. The standard InChI is InChI=1S/C10H18N2O/c1-2-3-6-10(12)7-8(11)4-5-9(10)13/h4-5,7,9,13H,2-3,6,11-12H2,1H3. The number of hydrogen-bond acceptors (Lipinski definition) is 3. The summed E-state index contributed by atoms with van der Waals surface area (Å²) in [5, 5.41) is 9.66. The lowest BCUT2D eigenvalue weighted by Gasteiger charge is -2.32. The summed E-state index contributed by atoms with van der Waals surface area (Å²) < 4.78 is 0. The Hall–Kier alpha value is -0.800. The average molecular weight is 182 g/mol. The van der Waals surface area contributed by atoms with Crippen molar-refractivity contribution in [2.45, 2.75) is 37.8 Å². The van der Waals surface area contributed by atoms with E-state index in [1.165, 1.54) is 0 Å². The zero-order valence-electron chi connectivity index (χ0n) is 8.03. The van der Waals surface area contributed by atoms with Crippen LogP contribution in [0.3, 0.4) is 0 Å². The number of unbranched alkanes of at least 4 members (excludes halogenated alkanes) is 1. The van der Waals surface area contributed by atoms with E-state index in [-0.39, 0.29) is 0 Å². The van der Waals surface area contributed by atoms with Crippen molar-refractivity contribution >= 4 is 0 Å². The van der Waals surface area contributed by atoms with Crippen molar-refractivity contribution in [2.75, 3.05) is 0 Å². The molecule has 0 aliphatic heterocycles. The summed E-state index contributed by atoms with van der Waals surface area (Å²) in [5.41, 5.74) is 11.6. The monoisotopic (exact) mass is 182 g/mol. The molecule has 5 N–H and O–H groups in total. The largest absolute Gasteiger partial charge is 0.399 e. The van der Waals surface area contributed by atoms with Gasteiger partial charge in [-0.15, -0.1) is 0 Å². The molecule has 0 fully saturated rings. The van der Waals surface area contributed by atoms with Crippen LogP contribution in [0.1, 0.15) is 26.2 Å². The van der Waals surface area contributed by atoms with Crippen LogP contribution in [-0.4, -0.2) is 16.7 Å². The van der Waals surface area contributed by atoms with E-state index >= 15 is 0 Å². The number of hydrogen-bond donors (Lipinski definition) is 3. The Morgan fingerprint density at radius 3 is 2.92 bits per heavy atom. The SMILES string of the molecule is CCCCC1(N)C=C(N)C=CC1O. The first-order valence-corrected chi connectivity index (χ1v) is 4.72. The molecule has 2 atom stereocenters. The molecule has 0 radical (unpaired) electrons. The van der Waals surface area contributed by atoms with Crippen molar-refractivity contribution < 1.29 is 5.11 Å². The summed E-state index contributed by atoms with van der Waals surface area (Å²) in [6, 6.07) is 0. The van der Waals surface area contributed by atoms with Gasteiger partial charge in [-0.3, -0.25) is 0 Å². The minimum absolute atomic E-state index is 0.605. The number of aliphatic hydroxyl groups excluding tert-OH is 1. The van der Waals surface area contributed by atoms with Gasteiger partial charge in [-0.2, -0.15) is 0 Å². The van der Waals surface area contributed by atoms with Gasteiger partial charge in [0.15, 0.2) is 0 Å². The highest BCUT2D eigenvalue weighted by Gasteiger charge is 2.31. The highest BCUT2D eigenvalue weighted by Crippen LogP contribution is 2.23. The van der Waals surface area contributed by atoms with Gasteiger partial charge in [0.25, 0.3) is 0 Å². The Bertz CT molecular complexity index is 235. The number of nitrogens with two attached hydrogens (primary N) is 2. The van der Waals surface area contributed by atoms with Gasteiger partial charge >= 0.3 is 0 Å². The fourth-order valence-corrected chi connectivity index (χ4v) is 1.53. The lowest BCUT2D eigenvalue weighted by Crippen LogP contribution is -2.50. The van der Waals surface area contributed by atoms with E-state index in [4.69, 9.17) is 11.5 Å². The smallest absolute Gasteiger partial charge is 0.0940 e. The second-order valence-electron chi connectivity index (χ2n) is 3.66. The summed E-state index contributed by atoms with van der Waals surface area (Å²) >= 11 is 0. The van der Waals surface area contributed by atoms with Crippen molar-refractivity contribution in [1.29, 1.82) is 0 Å². The second kappa shape index (κ2) is 3.94. The number of rotatable bonds is 3. The number of allylic oxidation sites excluding steroid dienone is 1. The fraction of sp³-hybridized carbons (Fsp3) is 0.600. The van der Waals surface area contributed by atoms with Crippen LogP contribution in [0.15, 0.2) is 23.9 Å². The van der Waals surface area contributed by atoms with Crippen LogP contribution < -0.4 is 11.5 Å². The molecule has 1 aliphatic carbocycles. The zero-order chi connectivity index (χ0) is 9.90. The predicted octanol–water partition coefficient (Wildman–Crippen LogP) is 0.647. The minimum atomic E-state index is -0.658. The highest BCUT2D eigenvalue weighted by molar-refractivity contribution is 5.30. The van der Waals surface area contributed by atoms with Crippen LogP contribution in [-0.2, 0) is 0 Å². The Balaban J connectivity index is 2.70.